The number of nitrogens with two attached hydrogens (primary N) is 2. The zero-order chi connectivity index (χ0) is 56.1. The number of Topliss-reactive ketones (excluding diaryl/α,β-unsaturated/α-hetero) is 2. The molecule has 22 nitrogen and oxygen atoms in total. The number of carboxylic acids is 1. The molecule has 0 bridgehead atoms. The molecule has 26 heteroatoms. The SMILES string of the molecule is C=CC(=O)OCCCC.CCCCOC(=O)C(S)CC(C)C(=O)n1c(C)c(C(=O)C(N)=O)c2c(OCC(=O)O)cccc21.Cc1c(C(=O)C(N)=O)c2c(OCO[C-]=O)cccc2n1C(=O)C(C)SC(=S)n1cccn1.[Na+]. The number of hydrogen-bond donors (Lipinski definition) is 4. The van der Waals surface area contributed by atoms with Gasteiger partial charge in [-0.05, 0) is 70.4 Å². The number of benzene rings is 2. The number of hydrogen-bond acceptors (Lipinski definition) is 19. The first-order valence-electron chi connectivity index (χ1n) is 22.9. The smallest absolute Gasteiger partial charge is 0.626 e. The van der Waals surface area contributed by atoms with Crippen LogP contribution in [0.5, 0.6) is 11.5 Å². The van der Waals surface area contributed by atoms with E-state index in [0.29, 0.717) is 16.4 Å². The number of thioether (sulfide) groups is 1. The molecule has 0 saturated carbocycles. The van der Waals surface area contributed by atoms with Crippen molar-refractivity contribution >= 4 is 122 Å². The molecule has 3 heterocycles. The average molecular weight is 1120 g/mol. The summed E-state index contributed by atoms with van der Waals surface area (Å²) < 4.78 is 29.3. The summed E-state index contributed by atoms with van der Waals surface area (Å²) in [7, 11) is 0. The monoisotopic (exact) mass is 1120 g/mol. The molecule has 0 saturated heterocycles. The normalized spacial score (nSPS) is 11.6. The van der Waals surface area contributed by atoms with E-state index < -0.39 is 71.0 Å². The third-order valence-corrected chi connectivity index (χ3v) is 12.5. The number of nitrogens with zero attached hydrogens (tertiary/aromatic N) is 4. The van der Waals surface area contributed by atoms with E-state index in [1.54, 1.807) is 44.4 Å². The molecule has 0 aliphatic carbocycles. The van der Waals surface area contributed by atoms with Gasteiger partial charge < -0.3 is 45.1 Å². The van der Waals surface area contributed by atoms with Gasteiger partial charge in [0.2, 0.25) is 11.8 Å². The predicted octanol–water partition coefficient (Wildman–Crippen LogP) is 2.74. The summed E-state index contributed by atoms with van der Waals surface area (Å²) in [6, 6.07) is 10.9. The number of aliphatic carboxylic acids is 1. The van der Waals surface area contributed by atoms with Crippen molar-refractivity contribution in [3.63, 3.8) is 0 Å². The summed E-state index contributed by atoms with van der Waals surface area (Å²) in [5.74, 6) is -7.96. The molecule has 0 fully saturated rings. The number of rotatable bonds is 24. The number of thiocarbonyl (C=S) groups is 1. The number of fused-ring (bicyclic) bond motifs is 2. The van der Waals surface area contributed by atoms with Gasteiger partial charge in [-0.1, -0.05) is 82.8 Å². The first-order chi connectivity index (χ1) is 35.6. The molecule has 0 aliphatic rings. The summed E-state index contributed by atoms with van der Waals surface area (Å²) in [5, 5.41) is 11.8. The molecular formula is C50H57N6NaO16S3. The maximum Gasteiger partial charge on any atom is 1.00 e. The molecule has 5 aromatic rings. The Labute approximate surface area is 474 Å². The van der Waals surface area contributed by atoms with Crippen LogP contribution in [0.15, 0.2) is 67.5 Å². The number of amides is 2. The van der Waals surface area contributed by atoms with Gasteiger partial charge >= 0.3 is 47.5 Å². The summed E-state index contributed by atoms with van der Waals surface area (Å²) >= 11 is 10.7. The molecule has 0 spiro atoms. The van der Waals surface area contributed by atoms with Gasteiger partial charge in [0.25, 0.3) is 23.4 Å². The van der Waals surface area contributed by atoms with Crippen molar-refractivity contribution in [3.05, 3.63) is 90.0 Å². The molecule has 3 unspecified atom stereocenters. The van der Waals surface area contributed by atoms with Gasteiger partial charge in [-0.3, -0.25) is 42.7 Å². The van der Waals surface area contributed by atoms with Crippen LogP contribution in [-0.4, -0.2) is 125 Å². The zero-order valence-corrected chi connectivity index (χ0v) is 47.4. The second kappa shape index (κ2) is 32.1. The second-order valence-electron chi connectivity index (χ2n) is 16.0. The van der Waals surface area contributed by atoms with E-state index in [2.05, 4.69) is 33.8 Å². The van der Waals surface area contributed by atoms with Crippen LogP contribution in [0, 0.1) is 19.8 Å². The summed E-state index contributed by atoms with van der Waals surface area (Å²) in [6.07, 6.45) is 8.04. The standard InChI is InChI=1S/C23H28N2O8S.C20H17N4O6S2.C7H12O2.Na/c1-4-5-9-32-23(31)16(34)10-12(2)22(30)25-13(3)18(20(28)21(24)29)19-14(25)7-6-8-15(19)33-11-17(26)27;1-11-15(17(26)18(21)27)16-13(5-3-6-14(16)30-10-29-9-25)24(11)19(28)12(2)32-20(31)23-8-4-7-22-23;1-3-5-6-9-7(8)4-2;/h6-8,12,16,34H,4-5,9-11H2,1-3H3,(H2,24,29)(H,26,27);3-8,12H,10H2,1-2H3,(H2,21,27);4H,2-3,5-6H2,1H3;/q;-1;;+1. The van der Waals surface area contributed by atoms with Crippen molar-refractivity contribution in [2.45, 2.75) is 84.1 Å². The number of carbonyl (C=O) groups excluding carboxylic acids is 9. The number of esters is 2. The molecule has 5 rings (SSSR count). The third-order valence-electron chi connectivity index (χ3n) is 10.6. The van der Waals surface area contributed by atoms with Crippen LogP contribution < -0.4 is 50.5 Å². The molecule has 0 aliphatic heterocycles. The van der Waals surface area contributed by atoms with Crippen LogP contribution in [0.25, 0.3) is 21.8 Å². The minimum Gasteiger partial charge on any atom is -0.626 e. The Morgan fingerprint density at radius 3 is 1.80 bits per heavy atom. The number of thiol groups is 1. The first-order valence-corrected chi connectivity index (χ1v) is 24.8. The Bertz CT molecular complexity index is 2950. The second-order valence-corrected chi connectivity index (χ2v) is 18.6. The topological polar surface area (TPSA) is 317 Å². The summed E-state index contributed by atoms with van der Waals surface area (Å²) in [4.78, 5) is 119. The Kier molecular flexibility index (Phi) is 27.6. The Balaban J connectivity index is 0.000000443. The Hall–Kier alpha value is -6.64. The van der Waals surface area contributed by atoms with Crippen LogP contribution in [0.4, 0.5) is 0 Å². The van der Waals surface area contributed by atoms with E-state index >= 15 is 0 Å². The van der Waals surface area contributed by atoms with Crippen LogP contribution in [-0.2, 0) is 43.0 Å². The van der Waals surface area contributed by atoms with E-state index in [-0.39, 0.29) is 105 Å². The van der Waals surface area contributed by atoms with Gasteiger partial charge in [-0.25, -0.2) is 14.3 Å². The van der Waals surface area contributed by atoms with Gasteiger partial charge in [0.15, 0.2) is 17.7 Å². The van der Waals surface area contributed by atoms with Crippen molar-refractivity contribution < 1.29 is 106 Å². The van der Waals surface area contributed by atoms with Crippen molar-refractivity contribution in [2.75, 3.05) is 26.6 Å². The molecule has 3 aromatic heterocycles. The molecule has 402 valence electrons. The quantitative estimate of drug-likeness (QED) is 0.00590. The third kappa shape index (κ3) is 17.5. The van der Waals surface area contributed by atoms with Crippen LogP contribution in [0.1, 0.15) is 101 Å². The van der Waals surface area contributed by atoms with E-state index in [0.717, 1.165) is 37.4 Å². The average Bonchev–Trinajstić information content (AvgIpc) is 4.10. The van der Waals surface area contributed by atoms with Gasteiger partial charge in [0.05, 0.1) is 51.4 Å². The predicted molar refractivity (Wildman–Crippen MR) is 283 cm³/mol. The van der Waals surface area contributed by atoms with Gasteiger partial charge in [-0.2, -0.15) is 17.7 Å². The largest absolute Gasteiger partial charge is 1.00 e. The number of ketones is 2. The van der Waals surface area contributed by atoms with E-state index in [1.807, 2.05) is 13.8 Å². The van der Waals surface area contributed by atoms with E-state index in [9.17, 15) is 47.9 Å². The Morgan fingerprint density at radius 1 is 0.829 bits per heavy atom. The molecule has 76 heavy (non-hydrogen) atoms. The molecule has 5 N–H and O–H groups in total. The minimum atomic E-state index is -1.24. The van der Waals surface area contributed by atoms with Gasteiger partial charge in [0.1, 0.15) is 16.7 Å². The van der Waals surface area contributed by atoms with Crippen LogP contribution >= 0.6 is 36.6 Å². The maximum absolute atomic E-state index is 13.4. The number of ether oxygens (including phenoxy) is 5. The van der Waals surface area contributed by atoms with Gasteiger partial charge in [-0.15, -0.1) is 0 Å². The fraction of sp³-hybridized carbons (Fsp3) is 0.360. The number of primary amides is 2. The molecule has 0 radical (unpaired) electrons. The molecule has 2 amide bonds. The van der Waals surface area contributed by atoms with Crippen molar-refractivity contribution in [1.82, 2.24) is 18.9 Å². The fourth-order valence-corrected chi connectivity index (χ4v) is 8.74. The van der Waals surface area contributed by atoms with Crippen molar-refractivity contribution in [1.29, 1.82) is 0 Å². The molecular weight excluding hydrogens is 1060 g/mol. The molecule has 2 aromatic carbocycles. The van der Waals surface area contributed by atoms with Crippen molar-refractivity contribution in [3.8, 4) is 11.5 Å². The Morgan fingerprint density at radius 2 is 1.34 bits per heavy atom. The van der Waals surface area contributed by atoms with Crippen molar-refractivity contribution in [2.24, 2.45) is 17.4 Å². The van der Waals surface area contributed by atoms with Crippen LogP contribution in [0.2, 0.25) is 0 Å². The van der Waals surface area contributed by atoms with Crippen LogP contribution in [0.3, 0.4) is 0 Å². The number of aromatic nitrogens is 4. The fourth-order valence-electron chi connectivity index (χ4n) is 7.08. The molecule has 3 atom stereocenters. The number of carboxylic acid groups (broad SMARTS) is 1. The minimum absolute atomic E-state index is 0. The summed E-state index contributed by atoms with van der Waals surface area (Å²) in [6.45, 7) is 14.4. The summed E-state index contributed by atoms with van der Waals surface area (Å²) in [5.41, 5.74) is 11.1. The first kappa shape index (κ1) is 65.5. The van der Waals surface area contributed by atoms with E-state index in [4.69, 9.17) is 43.0 Å². The number of carbonyl (C=O) groups is 9. The van der Waals surface area contributed by atoms with E-state index in [1.165, 1.54) is 64.5 Å². The number of unbranched alkanes of at least 4 members (excludes halogenated alkanes) is 2. The maximum atomic E-state index is 13.4. The van der Waals surface area contributed by atoms with Gasteiger partial charge in [0, 0.05) is 35.8 Å². The zero-order valence-electron chi connectivity index (χ0n) is 42.9.